The van der Waals surface area contributed by atoms with Crippen molar-refractivity contribution >= 4 is 53.4 Å². The van der Waals surface area contributed by atoms with Crippen molar-refractivity contribution in [2.75, 3.05) is 0 Å². The van der Waals surface area contributed by atoms with Gasteiger partial charge in [0.15, 0.2) is 5.82 Å². The zero-order valence-electron chi connectivity index (χ0n) is 26.0. The summed E-state index contributed by atoms with van der Waals surface area (Å²) in [5.41, 5.74) is 11.9. The maximum absolute atomic E-state index is 5.38. The average Bonchev–Trinajstić information content (AvgIpc) is 3.74. The molecule has 0 aliphatic heterocycles. The van der Waals surface area contributed by atoms with Crippen LogP contribution in [0.3, 0.4) is 0 Å². The number of rotatable bonds is 3. The Morgan fingerprint density at radius 3 is 2.13 bits per heavy atom. The molecule has 1 aliphatic carbocycles. The van der Waals surface area contributed by atoms with E-state index in [9.17, 15) is 0 Å². The monoisotopic (exact) mass is 619 g/mol. The van der Waals surface area contributed by atoms with Crippen LogP contribution in [0, 0.1) is 0 Å². The summed E-state index contributed by atoms with van der Waals surface area (Å²) in [6.07, 6.45) is 0. The van der Waals surface area contributed by atoms with Crippen LogP contribution >= 0.6 is 11.3 Å². The zero-order chi connectivity index (χ0) is 31.3. The third-order valence-electron chi connectivity index (χ3n) is 10.0. The van der Waals surface area contributed by atoms with Crippen LogP contribution in [0.5, 0.6) is 0 Å². The predicted molar refractivity (Wildman–Crippen MR) is 198 cm³/mol. The highest BCUT2D eigenvalue weighted by Crippen LogP contribution is 2.53. The lowest BCUT2D eigenvalue weighted by Gasteiger charge is -2.22. The molecule has 0 N–H and O–H groups in total. The van der Waals surface area contributed by atoms with Crippen LogP contribution in [0.2, 0.25) is 0 Å². The Kier molecular flexibility index (Phi) is 5.50. The van der Waals surface area contributed by atoms with Crippen LogP contribution in [-0.4, -0.2) is 14.5 Å². The van der Waals surface area contributed by atoms with Crippen LogP contribution in [-0.2, 0) is 5.41 Å². The quantitative estimate of drug-likeness (QED) is 0.197. The van der Waals surface area contributed by atoms with Crippen LogP contribution in [0.15, 0.2) is 140 Å². The fourth-order valence-corrected chi connectivity index (χ4v) is 9.07. The minimum absolute atomic E-state index is 0.125. The lowest BCUT2D eigenvalue weighted by atomic mass is 9.80. The van der Waals surface area contributed by atoms with Gasteiger partial charge >= 0.3 is 0 Å². The van der Waals surface area contributed by atoms with Crippen molar-refractivity contribution in [3.63, 3.8) is 0 Å². The number of hydrogen-bond acceptors (Lipinski definition) is 3. The van der Waals surface area contributed by atoms with Gasteiger partial charge in [-0.25, -0.2) is 9.97 Å². The fraction of sp³-hybridized carbons (Fsp3) is 0.0698. The summed E-state index contributed by atoms with van der Waals surface area (Å²) in [7, 11) is 0. The van der Waals surface area contributed by atoms with E-state index in [0.29, 0.717) is 0 Å². The molecular weight excluding hydrogens is 591 g/mol. The molecule has 3 nitrogen and oxygen atoms in total. The van der Waals surface area contributed by atoms with Crippen molar-refractivity contribution in [1.29, 1.82) is 0 Å². The molecule has 0 unspecified atom stereocenters. The van der Waals surface area contributed by atoms with E-state index in [2.05, 4.69) is 158 Å². The van der Waals surface area contributed by atoms with Crippen LogP contribution in [0.25, 0.3) is 81.6 Å². The average molecular weight is 620 g/mol. The Bertz CT molecular complexity index is 2710. The Balaban J connectivity index is 1.28. The van der Waals surface area contributed by atoms with Gasteiger partial charge in [-0.05, 0) is 52.6 Å². The minimum atomic E-state index is -0.125. The van der Waals surface area contributed by atoms with Gasteiger partial charge in [0.05, 0.1) is 22.4 Å². The number of benzene rings is 6. The summed E-state index contributed by atoms with van der Waals surface area (Å²) >= 11 is 1.74. The van der Waals surface area contributed by atoms with E-state index in [1.807, 2.05) is 0 Å². The first-order valence-electron chi connectivity index (χ1n) is 16.1. The number of hydrogen-bond donors (Lipinski definition) is 0. The van der Waals surface area contributed by atoms with Gasteiger partial charge in [0.1, 0.15) is 4.83 Å². The van der Waals surface area contributed by atoms with E-state index in [0.717, 1.165) is 38.5 Å². The lowest BCUT2D eigenvalue weighted by molar-refractivity contribution is 0.666. The van der Waals surface area contributed by atoms with Crippen molar-refractivity contribution in [3.8, 4) is 39.5 Å². The van der Waals surface area contributed by atoms with E-state index >= 15 is 0 Å². The molecule has 10 rings (SSSR count). The standard InChI is InChI=1S/C43H29N3S/c1-43(2)32-20-10-6-16-27(32)28-24-25-35-37(39(28)43)29-17-7-11-21-33(29)46(35)34-22-12-8-18-30(34)41-44-40(26-14-4-3-5-15-26)38-31-19-9-13-23-36(31)47-42(38)45-41/h3-25H,1-2H3. The molecular formula is C43H29N3S. The predicted octanol–water partition coefficient (Wildman–Crippen LogP) is 11.6. The molecule has 0 bridgehead atoms. The van der Waals surface area contributed by atoms with Crippen molar-refractivity contribution < 1.29 is 0 Å². The number of nitrogens with zero attached hydrogens (tertiary/aromatic N) is 3. The van der Waals surface area contributed by atoms with Crippen molar-refractivity contribution in [2.24, 2.45) is 0 Å². The first-order valence-corrected chi connectivity index (χ1v) is 16.9. The smallest absolute Gasteiger partial charge is 0.163 e. The van der Waals surface area contributed by atoms with Crippen molar-refractivity contribution in [3.05, 3.63) is 151 Å². The lowest BCUT2D eigenvalue weighted by Crippen LogP contribution is -2.15. The normalized spacial score (nSPS) is 13.5. The van der Waals surface area contributed by atoms with Crippen LogP contribution in [0.1, 0.15) is 25.0 Å². The third-order valence-corrected chi connectivity index (χ3v) is 11.1. The molecule has 0 amide bonds. The Morgan fingerprint density at radius 1 is 0.553 bits per heavy atom. The topological polar surface area (TPSA) is 30.7 Å². The van der Waals surface area contributed by atoms with Gasteiger partial charge < -0.3 is 4.57 Å². The number of fused-ring (bicyclic) bond motifs is 10. The highest BCUT2D eigenvalue weighted by atomic mass is 32.1. The van der Waals surface area contributed by atoms with Crippen molar-refractivity contribution in [2.45, 2.75) is 19.3 Å². The highest BCUT2D eigenvalue weighted by molar-refractivity contribution is 7.25. The molecule has 0 fully saturated rings. The Labute approximate surface area is 276 Å². The summed E-state index contributed by atoms with van der Waals surface area (Å²) in [5.74, 6) is 0.735. The summed E-state index contributed by atoms with van der Waals surface area (Å²) in [6.45, 7) is 4.74. The van der Waals surface area contributed by atoms with E-state index < -0.39 is 0 Å². The molecule has 9 aromatic rings. The van der Waals surface area contributed by atoms with Gasteiger partial charge in [0.25, 0.3) is 0 Å². The molecule has 0 spiro atoms. The molecule has 3 aromatic heterocycles. The molecule has 0 saturated heterocycles. The van der Waals surface area contributed by atoms with E-state index in [-0.39, 0.29) is 5.41 Å². The summed E-state index contributed by atoms with van der Waals surface area (Å²) < 4.78 is 3.65. The molecule has 3 heterocycles. The first-order chi connectivity index (χ1) is 23.1. The molecule has 222 valence electrons. The zero-order valence-corrected chi connectivity index (χ0v) is 26.8. The largest absolute Gasteiger partial charge is 0.308 e. The van der Waals surface area contributed by atoms with Crippen molar-refractivity contribution in [1.82, 2.24) is 14.5 Å². The van der Waals surface area contributed by atoms with Gasteiger partial charge in [0, 0.05) is 42.8 Å². The maximum atomic E-state index is 5.38. The second-order valence-electron chi connectivity index (χ2n) is 13.0. The van der Waals surface area contributed by atoms with E-state index in [1.165, 1.54) is 54.1 Å². The minimum Gasteiger partial charge on any atom is -0.308 e. The molecule has 6 aromatic carbocycles. The summed E-state index contributed by atoms with van der Waals surface area (Å²) in [4.78, 5) is 11.7. The molecule has 0 radical (unpaired) electrons. The van der Waals surface area contributed by atoms with Crippen LogP contribution < -0.4 is 0 Å². The number of aromatic nitrogens is 3. The Morgan fingerprint density at radius 2 is 1.26 bits per heavy atom. The van der Waals surface area contributed by atoms with Gasteiger partial charge in [0.2, 0.25) is 0 Å². The van der Waals surface area contributed by atoms with E-state index in [1.54, 1.807) is 11.3 Å². The molecule has 4 heteroatoms. The van der Waals surface area contributed by atoms with Crippen LogP contribution in [0.4, 0.5) is 0 Å². The number of para-hydroxylation sites is 2. The van der Waals surface area contributed by atoms with Gasteiger partial charge in [-0.3, -0.25) is 0 Å². The van der Waals surface area contributed by atoms with E-state index in [4.69, 9.17) is 9.97 Å². The van der Waals surface area contributed by atoms with Gasteiger partial charge in [-0.2, -0.15) is 0 Å². The number of thiophene rings is 1. The van der Waals surface area contributed by atoms with Gasteiger partial charge in [-0.1, -0.05) is 123 Å². The maximum Gasteiger partial charge on any atom is 0.163 e. The fourth-order valence-electron chi connectivity index (χ4n) is 8.00. The Hall–Kier alpha value is -5.58. The SMILES string of the molecule is CC1(C)c2ccccc2-c2ccc3c(c21)c1ccccc1n3-c1ccccc1-c1nc(-c2ccccc2)c2c(n1)sc1ccccc12. The molecule has 1 aliphatic rings. The summed E-state index contributed by atoms with van der Waals surface area (Å²) in [5, 5.41) is 4.90. The highest BCUT2D eigenvalue weighted by Gasteiger charge is 2.38. The second-order valence-corrected chi connectivity index (χ2v) is 14.0. The molecule has 0 saturated carbocycles. The van der Waals surface area contributed by atoms with Gasteiger partial charge in [-0.15, -0.1) is 11.3 Å². The molecule has 0 atom stereocenters. The molecule has 47 heavy (non-hydrogen) atoms. The second kappa shape index (κ2) is 9.71. The summed E-state index contributed by atoms with van der Waals surface area (Å²) in [6, 6.07) is 50.1. The first kappa shape index (κ1) is 26.6. The third kappa shape index (κ3) is 3.67.